The third-order valence-electron chi connectivity index (χ3n) is 2.86. The molecule has 3 nitrogen and oxygen atoms in total. The Balaban J connectivity index is 1.98. The van der Waals surface area contributed by atoms with Crippen molar-refractivity contribution in [3.63, 3.8) is 0 Å². The Morgan fingerprint density at radius 3 is 2.94 bits per heavy atom. The van der Waals surface area contributed by atoms with Gasteiger partial charge in [0, 0.05) is 19.7 Å². The van der Waals surface area contributed by atoms with E-state index in [0.717, 1.165) is 26.1 Å². The SMILES string of the molecule is O=C(CN1CCCOCC1)c1ccccc1F. The van der Waals surface area contributed by atoms with Gasteiger partial charge in [-0.15, -0.1) is 0 Å². The maximum Gasteiger partial charge on any atom is 0.179 e. The molecule has 2 rings (SSSR count). The molecule has 0 aromatic heterocycles. The molecule has 1 aromatic rings. The van der Waals surface area contributed by atoms with E-state index in [1.165, 1.54) is 12.1 Å². The van der Waals surface area contributed by atoms with Crippen LogP contribution in [-0.4, -0.2) is 43.5 Å². The first-order valence-electron chi connectivity index (χ1n) is 5.85. The molecular weight excluding hydrogens is 221 g/mol. The highest BCUT2D eigenvalue weighted by Gasteiger charge is 2.16. The maximum atomic E-state index is 13.4. The van der Waals surface area contributed by atoms with E-state index in [2.05, 4.69) is 0 Å². The molecule has 0 aliphatic carbocycles. The van der Waals surface area contributed by atoms with Crippen LogP contribution in [0.2, 0.25) is 0 Å². The van der Waals surface area contributed by atoms with E-state index in [1.54, 1.807) is 12.1 Å². The van der Waals surface area contributed by atoms with Crippen molar-refractivity contribution in [1.82, 2.24) is 4.90 Å². The first-order valence-corrected chi connectivity index (χ1v) is 5.85. The minimum atomic E-state index is -0.441. The Hall–Kier alpha value is -1.26. The zero-order valence-electron chi connectivity index (χ0n) is 9.69. The van der Waals surface area contributed by atoms with Gasteiger partial charge < -0.3 is 4.74 Å². The van der Waals surface area contributed by atoms with Gasteiger partial charge in [-0.25, -0.2) is 4.39 Å². The standard InChI is InChI=1S/C13H16FNO2/c14-12-5-2-1-4-11(12)13(16)10-15-6-3-8-17-9-7-15/h1-2,4-5H,3,6-10H2. The summed E-state index contributed by atoms with van der Waals surface area (Å²) < 4.78 is 18.7. The summed E-state index contributed by atoms with van der Waals surface area (Å²) in [5.74, 6) is -0.603. The van der Waals surface area contributed by atoms with Crippen molar-refractivity contribution in [2.24, 2.45) is 0 Å². The number of hydrogen-bond acceptors (Lipinski definition) is 3. The minimum Gasteiger partial charge on any atom is -0.380 e. The van der Waals surface area contributed by atoms with Crippen molar-refractivity contribution >= 4 is 5.78 Å². The number of carbonyl (C=O) groups excluding carboxylic acids is 1. The van der Waals surface area contributed by atoms with Crippen molar-refractivity contribution in [2.45, 2.75) is 6.42 Å². The Morgan fingerprint density at radius 1 is 1.29 bits per heavy atom. The summed E-state index contributed by atoms with van der Waals surface area (Å²) in [6.07, 6.45) is 0.921. The predicted octanol–water partition coefficient (Wildman–Crippen LogP) is 1.73. The second-order valence-electron chi connectivity index (χ2n) is 4.15. The number of carbonyl (C=O) groups is 1. The van der Waals surface area contributed by atoms with Gasteiger partial charge in [0.2, 0.25) is 0 Å². The zero-order valence-corrected chi connectivity index (χ0v) is 9.69. The quantitative estimate of drug-likeness (QED) is 0.750. The van der Waals surface area contributed by atoms with Crippen LogP contribution in [0.15, 0.2) is 24.3 Å². The first-order chi connectivity index (χ1) is 8.27. The monoisotopic (exact) mass is 237 g/mol. The second kappa shape index (κ2) is 5.89. The highest BCUT2D eigenvalue weighted by molar-refractivity contribution is 5.97. The predicted molar refractivity (Wildman–Crippen MR) is 62.6 cm³/mol. The lowest BCUT2D eigenvalue weighted by Gasteiger charge is -2.17. The molecule has 0 radical (unpaired) electrons. The van der Waals surface area contributed by atoms with Gasteiger partial charge in [-0.2, -0.15) is 0 Å². The van der Waals surface area contributed by atoms with E-state index in [-0.39, 0.29) is 17.9 Å². The summed E-state index contributed by atoms with van der Waals surface area (Å²) in [6.45, 7) is 3.22. The average molecular weight is 237 g/mol. The molecule has 4 heteroatoms. The Labute approximate surface area is 100 Å². The number of halogens is 1. The number of hydrogen-bond donors (Lipinski definition) is 0. The molecule has 1 heterocycles. The molecular formula is C13H16FNO2. The van der Waals surface area contributed by atoms with Gasteiger partial charge in [0.05, 0.1) is 18.7 Å². The second-order valence-corrected chi connectivity index (χ2v) is 4.15. The number of nitrogens with zero attached hydrogens (tertiary/aromatic N) is 1. The van der Waals surface area contributed by atoms with Crippen LogP contribution < -0.4 is 0 Å². The highest BCUT2D eigenvalue weighted by Crippen LogP contribution is 2.09. The van der Waals surface area contributed by atoms with Crippen molar-refractivity contribution in [1.29, 1.82) is 0 Å². The molecule has 1 saturated heterocycles. The van der Waals surface area contributed by atoms with Crippen LogP contribution >= 0.6 is 0 Å². The molecule has 1 aromatic carbocycles. The van der Waals surface area contributed by atoms with Gasteiger partial charge in [-0.3, -0.25) is 9.69 Å². The van der Waals surface area contributed by atoms with Gasteiger partial charge in [0.15, 0.2) is 5.78 Å². The molecule has 0 unspecified atom stereocenters. The van der Waals surface area contributed by atoms with E-state index in [4.69, 9.17) is 4.74 Å². The molecule has 1 aliphatic heterocycles. The van der Waals surface area contributed by atoms with Crippen LogP contribution in [0.25, 0.3) is 0 Å². The summed E-state index contributed by atoms with van der Waals surface area (Å²) in [7, 11) is 0. The fourth-order valence-electron chi connectivity index (χ4n) is 1.93. The minimum absolute atomic E-state index is 0.162. The number of Topliss-reactive ketones (excluding diaryl/α,β-unsaturated/α-hetero) is 1. The average Bonchev–Trinajstić information content (AvgIpc) is 2.58. The van der Waals surface area contributed by atoms with E-state index in [9.17, 15) is 9.18 Å². The maximum absolute atomic E-state index is 13.4. The third-order valence-corrected chi connectivity index (χ3v) is 2.86. The van der Waals surface area contributed by atoms with Crippen LogP contribution in [0.3, 0.4) is 0 Å². The number of benzene rings is 1. The van der Waals surface area contributed by atoms with E-state index in [1.807, 2.05) is 4.90 Å². The molecule has 17 heavy (non-hydrogen) atoms. The first kappa shape index (κ1) is 12.2. The fourth-order valence-corrected chi connectivity index (χ4v) is 1.93. The lowest BCUT2D eigenvalue weighted by atomic mass is 10.1. The molecule has 0 bridgehead atoms. The van der Waals surface area contributed by atoms with Crippen molar-refractivity contribution in [3.05, 3.63) is 35.6 Å². The Bertz CT molecular complexity index is 387. The number of ether oxygens (including phenoxy) is 1. The highest BCUT2D eigenvalue weighted by atomic mass is 19.1. The number of ketones is 1. The van der Waals surface area contributed by atoms with Gasteiger partial charge in [0.25, 0.3) is 0 Å². The molecule has 0 amide bonds. The summed E-state index contributed by atoms with van der Waals surface area (Å²) in [5.41, 5.74) is 0.178. The van der Waals surface area contributed by atoms with Crippen LogP contribution in [0.5, 0.6) is 0 Å². The molecule has 0 saturated carbocycles. The van der Waals surface area contributed by atoms with Gasteiger partial charge in [0.1, 0.15) is 5.82 Å². The smallest absolute Gasteiger partial charge is 0.179 e. The lowest BCUT2D eigenvalue weighted by Crippen LogP contribution is -2.32. The summed E-state index contributed by atoms with van der Waals surface area (Å²) in [4.78, 5) is 13.9. The van der Waals surface area contributed by atoms with E-state index < -0.39 is 5.82 Å². The Kier molecular flexibility index (Phi) is 4.23. The molecule has 0 spiro atoms. The summed E-state index contributed by atoms with van der Waals surface area (Å²) in [5, 5.41) is 0. The van der Waals surface area contributed by atoms with Crippen LogP contribution in [-0.2, 0) is 4.74 Å². The van der Waals surface area contributed by atoms with E-state index in [0.29, 0.717) is 6.61 Å². The van der Waals surface area contributed by atoms with Gasteiger partial charge in [-0.05, 0) is 18.6 Å². The Morgan fingerprint density at radius 2 is 2.12 bits per heavy atom. The normalized spacial score (nSPS) is 17.7. The fraction of sp³-hybridized carbons (Fsp3) is 0.462. The molecule has 1 fully saturated rings. The van der Waals surface area contributed by atoms with Crippen molar-refractivity contribution in [2.75, 3.05) is 32.8 Å². The van der Waals surface area contributed by atoms with Gasteiger partial charge >= 0.3 is 0 Å². The van der Waals surface area contributed by atoms with Crippen molar-refractivity contribution < 1.29 is 13.9 Å². The molecule has 0 N–H and O–H groups in total. The largest absolute Gasteiger partial charge is 0.380 e. The van der Waals surface area contributed by atoms with Gasteiger partial charge in [-0.1, -0.05) is 12.1 Å². The molecule has 92 valence electrons. The van der Waals surface area contributed by atoms with Crippen LogP contribution in [0, 0.1) is 5.82 Å². The molecule has 1 aliphatic rings. The molecule has 0 atom stereocenters. The number of rotatable bonds is 3. The van der Waals surface area contributed by atoms with E-state index >= 15 is 0 Å². The summed E-state index contributed by atoms with van der Waals surface area (Å²) in [6, 6.07) is 6.12. The zero-order chi connectivity index (χ0) is 12.1. The lowest BCUT2D eigenvalue weighted by molar-refractivity contribution is 0.0918. The van der Waals surface area contributed by atoms with Crippen LogP contribution in [0.4, 0.5) is 4.39 Å². The van der Waals surface area contributed by atoms with Crippen molar-refractivity contribution in [3.8, 4) is 0 Å². The summed E-state index contributed by atoms with van der Waals surface area (Å²) >= 11 is 0. The topological polar surface area (TPSA) is 29.5 Å². The third kappa shape index (κ3) is 3.35. The van der Waals surface area contributed by atoms with Crippen LogP contribution in [0.1, 0.15) is 16.8 Å².